The first-order chi connectivity index (χ1) is 9.21. The monoisotopic (exact) mass is 274 g/mol. The Morgan fingerprint density at radius 2 is 2.05 bits per heavy atom. The second kappa shape index (κ2) is 9.66. The normalized spacial score (nSPS) is 22.3. The van der Waals surface area contributed by atoms with Crippen molar-refractivity contribution in [1.29, 1.82) is 0 Å². The van der Waals surface area contributed by atoms with E-state index in [1.165, 1.54) is 6.42 Å². The summed E-state index contributed by atoms with van der Waals surface area (Å²) in [6, 6.07) is 0.650. The fraction of sp³-hybridized carbons (Fsp3) is 1.00. The molecule has 5 nitrogen and oxygen atoms in total. The van der Waals surface area contributed by atoms with E-state index in [0.717, 1.165) is 26.2 Å². The van der Waals surface area contributed by atoms with Gasteiger partial charge in [-0.3, -0.25) is 9.80 Å². The van der Waals surface area contributed by atoms with Crippen LogP contribution < -0.4 is 0 Å². The van der Waals surface area contributed by atoms with Gasteiger partial charge < -0.3 is 14.6 Å². The average Bonchev–Trinajstić information content (AvgIpc) is 2.84. The van der Waals surface area contributed by atoms with Gasteiger partial charge in [0, 0.05) is 26.2 Å². The van der Waals surface area contributed by atoms with Crippen molar-refractivity contribution in [2.45, 2.75) is 32.4 Å². The molecular weight excluding hydrogens is 244 g/mol. The first-order valence-corrected chi connectivity index (χ1v) is 7.42. The van der Waals surface area contributed by atoms with Crippen LogP contribution in [-0.2, 0) is 9.47 Å². The highest BCUT2D eigenvalue weighted by atomic mass is 16.5. The molecule has 0 bridgehead atoms. The Hall–Kier alpha value is -0.200. The number of likely N-dealkylation sites (tertiary alicyclic amines) is 1. The molecule has 1 aliphatic rings. The number of methoxy groups -OCH3 is 1. The molecular formula is C14H30N2O3. The zero-order valence-corrected chi connectivity index (χ0v) is 12.7. The van der Waals surface area contributed by atoms with Gasteiger partial charge in [0.2, 0.25) is 0 Å². The van der Waals surface area contributed by atoms with Gasteiger partial charge in [-0.15, -0.1) is 0 Å². The van der Waals surface area contributed by atoms with Crippen molar-refractivity contribution >= 4 is 0 Å². The van der Waals surface area contributed by atoms with Crippen molar-refractivity contribution in [3.05, 3.63) is 0 Å². The van der Waals surface area contributed by atoms with Crippen molar-refractivity contribution in [2.75, 3.05) is 59.7 Å². The number of hydrogen-bond acceptors (Lipinski definition) is 5. The van der Waals surface area contributed by atoms with Gasteiger partial charge >= 0.3 is 0 Å². The molecule has 2 atom stereocenters. The van der Waals surface area contributed by atoms with Crippen LogP contribution in [0.1, 0.15) is 20.3 Å². The van der Waals surface area contributed by atoms with Crippen molar-refractivity contribution < 1.29 is 14.6 Å². The minimum absolute atomic E-state index is 0.396. The predicted octanol–water partition coefficient (Wildman–Crippen LogP) is 0.426. The van der Waals surface area contributed by atoms with Crippen LogP contribution in [0.2, 0.25) is 0 Å². The van der Waals surface area contributed by atoms with E-state index in [-0.39, 0.29) is 0 Å². The van der Waals surface area contributed by atoms with Crippen LogP contribution in [0.3, 0.4) is 0 Å². The third-order valence-electron chi connectivity index (χ3n) is 3.79. The Balaban J connectivity index is 2.16. The molecule has 1 rings (SSSR count). The summed E-state index contributed by atoms with van der Waals surface area (Å²) in [5.41, 5.74) is 0. The summed E-state index contributed by atoms with van der Waals surface area (Å²) in [4.78, 5) is 4.84. The number of hydrogen-bond donors (Lipinski definition) is 1. The molecule has 0 aliphatic carbocycles. The lowest BCUT2D eigenvalue weighted by molar-refractivity contribution is 0.00142. The number of aliphatic hydroxyl groups excluding tert-OH is 1. The molecule has 1 heterocycles. The molecule has 1 N–H and O–H groups in total. The molecule has 0 aromatic carbocycles. The minimum Gasteiger partial charge on any atom is -0.389 e. The van der Waals surface area contributed by atoms with Crippen LogP contribution >= 0.6 is 0 Å². The predicted molar refractivity (Wildman–Crippen MR) is 76.5 cm³/mol. The fourth-order valence-corrected chi connectivity index (χ4v) is 2.73. The number of rotatable bonds is 10. The molecule has 1 fully saturated rings. The van der Waals surface area contributed by atoms with E-state index in [2.05, 4.69) is 23.6 Å². The summed E-state index contributed by atoms with van der Waals surface area (Å²) in [5.74, 6) is 0. The lowest BCUT2D eigenvalue weighted by atomic mass is 10.2. The fourth-order valence-electron chi connectivity index (χ4n) is 2.73. The summed E-state index contributed by atoms with van der Waals surface area (Å²) in [6.07, 6.45) is 0.811. The first-order valence-electron chi connectivity index (χ1n) is 7.42. The number of nitrogens with zero attached hydrogens (tertiary/aromatic N) is 2. The largest absolute Gasteiger partial charge is 0.389 e. The minimum atomic E-state index is -0.396. The van der Waals surface area contributed by atoms with E-state index in [0.29, 0.717) is 32.4 Å². The number of aliphatic hydroxyl groups is 1. The molecule has 114 valence electrons. The Kier molecular flexibility index (Phi) is 8.57. The van der Waals surface area contributed by atoms with Gasteiger partial charge in [0.1, 0.15) is 0 Å². The quantitative estimate of drug-likeness (QED) is 0.585. The summed E-state index contributed by atoms with van der Waals surface area (Å²) < 4.78 is 10.3. The highest BCUT2D eigenvalue weighted by molar-refractivity contribution is 4.83. The van der Waals surface area contributed by atoms with Crippen LogP contribution in [0.25, 0.3) is 0 Å². The summed E-state index contributed by atoms with van der Waals surface area (Å²) in [6.45, 7) is 11.0. The van der Waals surface area contributed by atoms with E-state index in [9.17, 15) is 5.11 Å². The van der Waals surface area contributed by atoms with Gasteiger partial charge in [0.15, 0.2) is 0 Å². The van der Waals surface area contributed by atoms with Gasteiger partial charge in [-0.05, 0) is 26.1 Å². The average molecular weight is 274 g/mol. The van der Waals surface area contributed by atoms with Gasteiger partial charge in [0.25, 0.3) is 0 Å². The van der Waals surface area contributed by atoms with Gasteiger partial charge in [-0.2, -0.15) is 0 Å². The third kappa shape index (κ3) is 6.19. The maximum absolute atomic E-state index is 9.93. The topological polar surface area (TPSA) is 45.2 Å². The van der Waals surface area contributed by atoms with E-state index >= 15 is 0 Å². The molecule has 0 spiro atoms. The molecule has 0 aromatic heterocycles. The maximum atomic E-state index is 9.93. The number of ether oxygens (including phenoxy) is 2. The van der Waals surface area contributed by atoms with Crippen LogP contribution in [0.4, 0.5) is 0 Å². The third-order valence-corrected chi connectivity index (χ3v) is 3.79. The molecule has 1 aliphatic heterocycles. The molecule has 0 radical (unpaired) electrons. The lowest BCUT2D eigenvalue weighted by Crippen LogP contribution is -2.39. The second-order valence-electron chi connectivity index (χ2n) is 5.14. The van der Waals surface area contributed by atoms with Crippen molar-refractivity contribution in [2.24, 2.45) is 0 Å². The molecule has 0 saturated carbocycles. The lowest BCUT2D eigenvalue weighted by Gasteiger charge is -2.26. The van der Waals surface area contributed by atoms with Crippen LogP contribution in [-0.4, -0.2) is 86.7 Å². The second-order valence-corrected chi connectivity index (χ2v) is 5.14. The maximum Gasteiger partial charge on any atom is 0.0900 e. The van der Waals surface area contributed by atoms with Crippen LogP contribution in [0, 0.1) is 0 Å². The SMILES string of the molecule is CCN(CC)C1CCN(CC(O)COCCOC)C1. The molecule has 2 unspecified atom stereocenters. The standard InChI is InChI=1S/C14H30N2O3/c1-4-16(5-2)13-6-7-15(10-13)11-14(17)12-19-9-8-18-3/h13-14,17H,4-12H2,1-3H3. The highest BCUT2D eigenvalue weighted by Crippen LogP contribution is 2.15. The molecule has 0 amide bonds. The summed E-state index contributed by atoms with van der Waals surface area (Å²) in [7, 11) is 1.65. The Morgan fingerprint density at radius 1 is 1.32 bits per heavy atom. The molecule has 19 heavy (non-hydrogen) atoms. The van der Waals surface area contributed by atoms with E-state index < -0.39 is 6.10 Å². The smallest absolute Gasteiger partial charge is 0.0900 e. The van der Waals surface area contributed by atoms with Crippen molar-refractivity contribution in [3.63, 3.8) is 0 Å². The zero-order valence-electron chi connectivity index (χ0n) is 12.7. The van der Waals surface area contributed by atoms with Crippen LogP contribution in [0.15, 0.2) is 0 Å². The van der Waals surface area contributed by atoms with Crippen molar-refractivity contribution in [1.82, 2.24) is 9.80 Å². The number of likely N-dealkylation sites (N-methyl/N-ethyl adjacent to an activating group) is 1. The van der Waals surface area contributed by atoms with Gasteiger partial charge in [-0.25, -0.2) is 0 Å². The van der Waals surface area contributed by atoms with Gasteiger partial charge in [0.05, 0.1) is 25.9 Å². The first kappa shape index (κ1) is 16.9. The zero-order chi connectivity index (χ0) is 14.1. The Morgan fingerprint density at radius 3 is 2.68 bits per heavy atom. The van der Waals surface area contributed by atoms with E-state index in [4.69, 9.17) is 9.47 Å². The molecule has 0 aromatic rings. The molecule has 1 saturated heterocycles. The van der Waals surface area contributed by atoms with Gasteiger partial charge in [-0.1, -0.05) is 13.8 Å². The van der Waals surface area contributed by atoms with Crippen LogP contribution in [0.5, 0.6) is 0 Å². The highest BCUT2D eigenvalue weighted by Gasteiger charge is 2.27. The summed E-state index contributed by atoms with van der Waals surface area (Å²) >= 11 is 0. The van der Waals surface area contributed by atoms with E-state index in [1.54, 1.807) is 7.11 Å². The van der Waals surface area contributed by atoms with E-state index in [1.807, 2.05) is 0 Å². The molecule has 5 heteroatoms. The Bertz CT molecular complexity index is 225. The Labute approximate surface area is 117 Å². The summed E-state index contributed by atoms with van der Waals surface area (Å²) in [5, 5.41) is 9.93. The van der Waals surface area contributed by atoms with Crippen molar-refractivity contribution in [3.8, 4) is 0 Å². The number of β-amino-alcohol motifs (C(OH)–C–C–N with tert-alkyl or cyclic N) is 1.